The average molecular weight is 263 g/mol. The first kappa shape index (κ1) is 14.0. The zero-order valence-corrected chi connectivity index (χ0v) is 12.6. The molecule has 0 amide bonds. The van der Waals surface area contributed by atoms with Gasteiger partial charge in [0.2, 0.25) is 0 Å². The molecule has 1 fully saturated rings. The van der Waals surface area contributed by atoms with Crippen LogP contribution in [0.2, 0.25) is 0 Å². The SMILES string of the molecule is CSCCC(C)NC1CC(c2ccccc2C)C1. The molecule has 1 aromatic carbocycles. The van der Waals surface area contributed by atoms with Crippen LogP contribution in [0.4, 0.5) is 0 Å². The maximum atomic E-state index is 3.76. The van der Waals surface area contributed by atoms with Crippen LogP contribution in [-0.4, -0.2) is 24.1 Å². The molecule has 100 valence electrons. The van der Waals surface area contributed by atoms with E-state index < -0.39 is 0 Å². The Balaban J connectivity index is 1.75. The number of rotatable bonds is 6. The number of benzene rings is 1. The maximum absolute atomic E-state index is 3.76. The molecule has 1 aromatic rings. The van der Waals surface area contributed by atoms with Gasteiger partial charge in [0.25, 0.3) is 0 Å². The first-order valence-electron chi connectivity index (χ1n) is 7.01. The lowest BCUT2D eigenvalue weighted by Gasteiger charge is -2.38. The van der Waals surface area contributed by atoms with Crippen LogP contribution >= 0.6 is 11.8 Å². The van der Waals surface area contributed by atoms with E-state index in [0.717, 1.165) is 12.0 Å². The molecule has 1 aliphatic carbocycles. The number of nitrogens with one attached hydrogen (secondary N) is 1. The molecule has 18 heavy (non-hydrogen) atoms. The third-order valence-electron chi connectivity index (χ3n) is 4.04. The molecule has 0 saturated heterocycles. The van der Waals surface area contributed by atoms with Crippen LogP contribution in [-0.2, 0) is 0 Å². The van der Waals surface area contributed by atoms with Crippen molar-refractivity contribution in [1.29, 1.82) is 0 Å². The number of hydrogen-bond acceptors (Lipinski definition) is 2. The highest BCUT2D eigenvalue weighted by atomic mass is 32.2. The Morgan fingerprint density at radius 3 is 2.72 bits per heavy atom. The Morgan fingerprint density at radius 1 is 1.33 bits per heavy atom. The van der Waals surface area contributed by atoms with Crippen molar-refractivity contribution < 1.29 is 0 Å². The van der Waals surface area contributed by atoms with Crippen molar-refractivity contribution in [3.8, 4) is 0 Å². The Bertz CT molecular complexity index is 371. The van der Waals surface area contributed by atoms with Crippen LogP contribution in [0.1, 0.15) is 43.2 Å². The molecular weight excluding hydrogens is 238 g/mol. The minimum absolute atomic E-state index is 0.667. The van der Waals surface area contributed by atoms with Gasteiger partial charge in [-0.15, -0.1) is 0 Å². The van der Waals surface area contributed by atoms with E-state index in [1.807, 2.05) is 11.8 Å². The Labute approximate surface area is 116 Å². The van der Waals surface area contributed by atoms with Gasteiger partial charge in [0.1, 0.15) is 0 Å². The van der Waals surface area contributed by atoms with Crippen LogP contribution in [0.25, 0.3) is 0 Å². The molecule has 2 heteroatoms. The fourth-order valence-corrected chi connectivity index (χ4v) is 3.42. The summed E-state index contributed by atoms with van der Waals surface area (Å²) in [5.41, 5.74) is 3.02. The van der Waals surface area contributed by atoms with E-state index >= 15 is 0 Å². The lowest BCUT2D eigenvalue weighted by Crippen LogP contribution is -2.44. The molecule has 1 unspecified atom stereocenters. The van der Waals surface area contributed by atoms with Crippen molar-refractivity contribution in [1.82, 2.24) is 5.32 Å². The Hall–Kier alpha value is -0.470. The zero-order valence-electron chi connectivity index (χ0n) is 11.8. The fraction of sp³-hybridized carbons (Fsp3) is 0.625. The minimum Gasteiger partial charge on any atom is -0.311 e. The summed E-state index contributed by atoms with van der Waals surface area (Å²) in [7, 11) is 0. The summed E-state index contributed by atoms with van der Waals surface area (Å²) in [4.78, 5) is 0. The quantitative estimate of drug-likeness (QED) is 0.833. The summed E-state index contributed by atoms with van der Waals surface area (Å²) in [6, 6.07) is 10.2. The van der Waals surface area contributed by atoms with Gasteiger partial charge in [-0.05, 0) is 62.2 Å². The van der Waals surface area contributed by atoms with Gasteiger partial charge in [0.15, 0.2) is 0 Å². The van der Waals surface area contributed by atoms with Crippen LogP contribution in [0, 0.1) is 6.92 Å². The molecule has 0 radical (unpaired) electrons. The van der Waals surface area contributed by atoms with Crippen molar-refractivity contribution in [2.45, 2.75) is 51.1 Å². The van der Waals surface area contributed by atoms with Crippen LogP contribution in [0.3, 0.4) is 0 Å². The zero-order chi connectivity index (χ0) is 13.0. The molecule has 1 aliphatic rings. The highest BCUT2D eigenvalue weighted by molar-refractivity contribution is 7.98. The van der Waals surface area contributed by atoms with Gasteiger partial charge in [-0.25, -0.2) is 0 Å². The second kappa shape index (κ2) is 6.63. The van der Waals surface area contributed by atoms with Crippen LogP contribution in [0.15, 0.2) is 24.3 Å². The van der Waals surface area contributed by atoms with Gasteiger partial charge >= 0.3 is 0 Å². The van der Waals surface area contributed by atoms with E-state index in [1.165, 1.54) is 30.6 Å². The number of aryl methyl sites for hydroxylation is 1. The number of hydrogen-bond donors (Lipinski definition) is 1. The van der Waals surface area contributed by atoms with E-state index in [1.54, 1.807) is 5.56 Å². The lowest BCUT2D eigenvalue weighted by molar-refractivity contribution is 0.267. The largest absolute Gasteiger partial charge is 0.311 e. The normalized spacial score (nSPS) is 24.6. The Kier molecular flexibility index (Phi) is 5.13. The summed E-state index contributed by atoms with van der Waals surface area (Å²) in [6.45, 7) is 4.55. The fourth-order valence-electron chi connectivity index (χ4n) is 2.83. The van der Waals surface area contributed by atoms with E-state index in [2.05, 4.69) is 49.7 Å². The van der Waals surface area contributed by atoms with E-state index in [-0.39, 0.29) is 0 Å². The molecule has 1 saturated carbocycles. The molecule has 0 bridgehead atoms. The summed E-state index contributed by atoms with van der Waals surface area (Å²) < 4.78 is 0. The predicted molar refractivity (Wildman–Crippen MR) is 82.5 cm³/mol. The minimum atomic E-state index is 0.667. The van der Waals surface area contributed by atoms with Crippen molar-refractivity contribution in [2.24, 2.45) is 0 Å². The molecule has 1 atom stereocenters. The standard InChI is InChI=1S/C16H25NS/c1-12-6-4-5-7-16(12)14-10-15(11-14)17-13(2)8-9-18-3/h4-7,13-15,17H,8-11H2,1-3H3. The lowest BCUT2D eigenvalue weighted by atomic mass is 9.74. The smallest absolute Gasteiger partial charge is 0.00812 e. The van der Waals surface area contributed by atoms with E-state index in [0.29, 0.717) is 6.04 Å². The van der Waals surface area contributed by atoms with Crippen molar-refractivity contribution in [3.05, 3.63) is 35.4 Å². The van der Waals surface area contributed by atoms with Crippen molar-refractivity contribution in [2.75, 3.05) is 12.0 Å². The van der Waals surface area contributed by atoms with Gasteiger partial charge in [-0.3, -0.25) is 0 Å². The molecule has 2 rings (SSSR count). The second-order valence-corrected chi connectivity index (χ2v) is 6.56. The summed E-state index contributed by atoms with van der Waals surface area (Å²) >= 11 is 1.94. The average Bonchev–Trinajstić information content (AvgIpc) is 2.32. The molecule has 1 nitrogen and oxygen atoms in total. The number of thioether (sulfide) groups is 1. The van der Waals surface area contributed by atoms with Gasteiger partial charge in [0, 0.05) is 12.1 Å². The van der Waals surface area contributed by atoms with E-state index in [4.69, 9.17) is 0 Å². The molecular formula is C16H25NS. The highest BCUT2D eigenvalue weighted by Crippen LogP contribution is 2.38. The highest BCUT2D eigenvalue weighted by Gasteiger charge is 2.31. The van der Waals surface area contributed by atoms with Gasteiger partial charge < -0.3 is 5.32 Å². The first-order chi connectivity index (χ1) is 8.70. The summed E-state index contributed by atoms with van der Waals surface area (Å²) in [5.74, 6) is 2.05. The monoisotopic (exact) mass is 263 g/mol. The van der Waals surface area contributed by atoms with Crippen LogP contribution < -0.4 is 5.32 Å². The molecule has 0 aliphatic heterocycles. The second-order valence-electron chi connectivity index (χ2n) is 5.57. The summed E-state index contributed by atoms with van der Waals surface area (Å²) in [5, 5.41) is 3.76. The maximum Gasteiger partial charge on any atom is 0.00812 e. The molecule has 1 N–H and O–H groups in total. The molecule has 0 spiro atoms. The van der Waals surface area contributed by atoms with Crippen molar-refractivity contribution in [3.63, 3.8) is 0 Å². The van der Waals surface area contributed by atoms with Crippen LogP contribution in [0.5, 0.6) is 0 Å². The van der Waals surface area contributed by atoms with E-state index in [9.17, 15) is 0 Å². The molecule has 0 heterocycles. The summed E-state index contributed by atoms with van der Waals surface area (Å²) in [6.07, 6.45) is 6.10. The third-order valence-corrected chi connectivity index (χ3v) is 4.69. The first-order valence-corrected chi connectivity index (χ1v) is 8.40. The van der Waals surface area contributed by atoms with Gasteiger partial charge in [-0.1, -0.05) is 24.3 Å². The third kappa shape index (κ3) is 3.52. The van der Waals surface area contributed by atoms with Crippen molar-refractivity contribution >= 4 is 11.8 Å². The van der Waals surface area contributed by atoms with Gasteiger partial charge in [-0.2, -0.15) is 11.8 Å². The molecule has 0 aromatic heterocycles. The Morgan fingerprint density at radius 2 is 2.06 bits per heavy atom. The topological polar surface area (TPSA) is 12.0 Å². The predicted octanol–water partition coefficient (Wildman–Crippen LogP) is 3.97. The van der Waals surface area contributed by atoms with Gasteiger partial charge in [0.05, 0.1) is 0 Å².